The molecule has 36 heavy (non-hydrogen) atoms. The molecule has 0 radical (unpaired) electrons. The molecule has 0 unspecified atom stereocenters. The van der Waals surface area contributed by atoms with E-state index in [4.69, 9.17) is 0 Å². The minimum absolute atomic E-state index is 0.0119. The summed E-state index contributed by atoms with van der Waals surface area (Å²) in [4.78, 5) is 45.8. The van der Waals surface area contributed by atoms with Gasteiger partial charge in [0.05, 0.1) is 5.52 Å². The molecule has 9 heteroatoms. The summed E-state index contributed by atoms with van der Waals surface area (Å²) in [6, 6.07) is 19.9. The van der Waals surface area contributed by atoms with Gasteiger partial charge in [-0.3, -0.25) is 19.1 Å². The van der Waals surface area contributed by atoms with Crippen LogP contribution in [-0.2, 0) is 11.3 Å². The van der Waals surface area contributed by atoms with Crippen LogP contribution >= 0.6 is 0 Å². The fourth-order valence-corrected chi connectivity index (χ4v) is 4.26. The molecule has 182 valence electrons. The summed E-state index contributed by atoms with van der Waals surface area (Å²) in [5.74, 6) is -0.346. The third-order valence-electron chi connectivity index (χ3n) is 6.17. The number of hydrogen-bond donors (Lipinski definition) is 1. The number of benzene rings is 2. The first-order valence-corrected chi connectivity index (χ1v) is 11.8. The van der Waals surface area contributed by atoms with E-state index in [-0.39, 0.29) is 24.3 Å². The number of nitrogens with zero attached hydrogens (tertiary/aromatic N) is 5. The third-order valence-corrected chi connectivity index (χ3v) is 6.17. The molecule has 0 atom stereocenters. The molecular formula is C27H26N6O3. The Morgan fingerprint density at radius 3 is 2.39 bits per heavy atom. The van der Waals surface area contributed by atoms with Gasteiger partial charge in [-0.1, -0.05) is 24.3 Å². The molecular weight excluding hydrogens is 456 g/mol. The molecule has 0 aliphatic carbocycles. The number of carbonyl (C=O) groups is 3. The zero-order valence-electron chi connectivity index (χ0n) is 19.9. The van der Waals surface area contributed by atoms with E-state index in [1.54, 1.807) is 51.0 Å². The quantitative estimate of drug-likeness (QED) is 0.471. The molecule has 1 aliphatic heterocycles. The Balaban J connectivity index is 1.19. The Hall–Kier alpha value is -4.53. The normalized spacial score (nSPS) is 13.6. The molecule has 1 aliphatic rings. The zero-order valence-corrected chi connectivity index (χ0v) is 19.9. The molecule has 3 heterocycles. The molecule has 1 saturated heterocycles. The second-order valence-electron chi connectivity index (χ2n) is 8.76. The smallest absolute Gasteiger partial charge is 0.274 e. The highest BCUT2D eigenvalue weighted by molar-refractivity contribution is 6.03. The van der Waals surface area contributed by atoms with E-state index in [0.717, 1.165) is 16.6 Å². The van der Waals surface area contributed by atoms with Crippen LogP contribution in [0.2, 0.25) is 0 Å². The molecule has 5 rings (SSSR count). The van der Waals surface area contributed by atoms with Crippen molar-refractivity contribution >= 4 is 34.3 Å². The highest BCUT2D eigenvalue weighted by Gasteiger charge is 2.25. The summed E-state index contributed by atoms with van der Waals surface area (Å²) in [6.07, 6.45) is 1.79. The van der Waals surface area contributed by atoms with Gasteiger partial charge in [-0.05, 0) is 49.4 Å². The lowest BCUT2D eigenvalue weighted by Gasteiger charge is -2.34. The van der Waals surface area contributed by atoms with Crippen LogP contribution < -0.4 is 5.32 Å². The van der Waals surface area contributed by atoms with E-state index in [2.05, 4.69) is 15.4 Å². The lowest BCUT2D eigenvalue weighted by Crippen LogP contribution is -2.51. The Bertz CT molecular complexity index is 1420. The van der Waals surface area contributed by atoms with Gasteiger partial charge in [0.15, 0.2) is 0 Å². The summed E-state index contributed by atoms with van der Waals surface area (Å²) in [7, 11) is 0. The van der Waals surface area contributed by atoms with E-state index in [9.17, 15) is 14.4 Å². The summed E-state index contributed by atoms with van der Waals surface area (Å²) in [6.45, 7) is 3.92. The maximum Gasteiger partial charge on any atom is 0.274 e. The van der Waals surface area contributed by atoms with E-state index < -0.39 is 0 Å². The van der Waals surface area contributed by atoms with Crippen LogP contribution in [0, 0.1) is 6.92 Å². The SMILES string of the molecule is Cc1cccc(C(=O)Nc2ccc3nn(CC(=O)N4CCN(C(=O)c5ccccc5)CC4)cc3c2)n1. The van der Waals surface area contributed by atoms with Gasteiger partial charge in [0.25, 0.3) is 11.8 Å². The number of anilines is 1. The van der Waals surface area contributed by atoms with Crippen LogP contribution in [-0.4, -0.2) is 68.5 Å². The molecule has 1 fully saturated rings. The number of aryl methyl sites for hydroxylation is 1. The number of aromatic nitrogens is 3. The maximum atomic E-state index is 12.9. The number of fused-ring (bicyclic) bond motifs is 1. The molecule has 0 bridgehead atoms. The van der Waals surface area contributed by atoms with Crippen LogP contribution in [0.5, 0.6) is 0 Å². The van der Waals surface area contributed by atoms with E-state index in [1.807, 2.05) is 43.3 Å². The number of nitrogens with one attached hydrogen (secondary N) is 1. The summed E-state index contributed by atoms with van der Waals surface area (Å²) in [5, 5.41) is 8.17. The monoisotopic (exact) mass is 482 g/mol. The van der Waals surface area contributed by atoms with E-state index >= 15 is 0 Å². The van der Waals surface area contributed by atoms with Crippen LogP contribution in [0.25, 0.3) is 10.9 Å². The number of hydrogen-bond acceptors (Lipinski definition) is 5. The van der Waals surface area contributed by atoms with Crippen molar-refractivity contribution in [3.63, 3.8) is 0 Å². The fraction of sp³-hybridized carbons (Fsp3) is 0.222. The van der Waals surface area contributed by atoms with Gasteiger partial charge in [0.2, 0.25) is 5.91 Å². The Morgan fingerprint density at radius 2 is 1.64 bits per heavy atom. The summed E-state index contributed by atoms with van der Waals surface area (Å²) < 4.78 is 1.61. The molecule has 4 aromatic rings. The molecule has 1 N–H and O–H groups in total. The lowest BCUT2D eigenvalue weighted by molar-refractivity contribution is -0.133. The minimum Gasteiger partial charge on any atom is -0.338 e. The second kappa shape index (κ2) is 9.99. The third kappa shape index (κ3) is 5.10. The number of rotatable bonds is 5. The van der Waals surface area contributed by atoms with Crippen LogP contribution in [0.1, 0.15) is 26.5 Å². The van der Waals surface area contributed by atoms with Gasteiger partial charge in [-0.25, -0.2) is 4.98 Å². The van der Waals surface area contributed by atoms with Crippen molar-refractivity contribution in [1.29, 1.82) is 0 Å². The van der Waals surface area contributed by atoms with Crippen LogP contribution in [0.4, 0.5) is 5.69 Å². The molecule has 2 aromatic heterocycles. The van der Waals surface area contributed by atoms with Gasteiger partial charge < -0.3 is 15.1 Å². The topological polar surface area (TPSA) is 100 Å². The zero-order chi connectivity index (χ0) is 25.1. The first kappa shape index (κ1) is 23.2. The summed E-state index contributed by atoms with van der Waals surface area (Å²) >= 11 is 0. The fourth-order valence-electron chi connectivity index (χ4n) is 4.26. The first-order valence-electron chi connectivity index (χ1n) is 11.8. The Morgan fingerprint density at radius 1 is 0.889 bits per heavy atom. The Labute approximate surface area is 208 Å². The number of pyridine rings is 1. The van der Waals surface area contributed by atoms with Crippen LogP contribution in [0.15, 0.2) is 72.9 Å². The van der Waals surface area contributed by atoms with Crippen molar-refractivity contribution in [3.8, 4) is 0 Å². The molecule has 2 aromatic carbocycles. The van der Waals surface area contributed by atoms with Gasteiger partial charge in [0.1, 0.15) is 12.2 Å². The van der Waals surface area contributed by atoms with E-state index in [1.165, 1.54) is 0 Å². The van der Waals surface area contributed by atoms with Crippen molar-refractivity contribution in [2.24, 2.45) is 0 Å². The predicted octanol–water partition coefficient (Wildman–Crippen LogP) is 2.98. The second-order valence-corrected chi connectivity index (χ2v) is 8.76. The minimum atomic E-state index is -0.287. The average Bonchev–Trinajstić information content (AvgIpc) is 3.30. The highest BCUT2D eigenvalue weighted by Crippen LogP contribution is 2.19. The van der Waals surface area contributed by atoms with Crippen molar-refractivity contribution in [3.05, 3.63) is 89.9 Å². The number of amides is 3. The first-order chi connectivity index (χ1) is 17.5. The highest BCUT2D eigenvalue weighted by atomic mass is 16.2. The number of carbonyl (C=O) groups excluding carboxylic acids is 3. The predicted molar refractivity (Wildman–Crippen MR) is 136 cm³/mol. The Kier molecular flexibility index (Phi) is 6.44. The van der Waals surface area contributed by atoms with Crippen LogP contribution in [0.3, 0.4) is 0 Å². The molecule has 0 saturated carbocycles. The van der Waals surface area contributed by atoms with Gasteiger partial charge in [-0.15, -0.1) is 0 Å². The molecule has 3 amide bonds. The van der Waals surface area contributed by atoms with Gasteiger partial charge >= 0.3 is 0 Å². The van der Waals surface area contributed by atoms with Crippen molar-refractivity contribution < 1.29 is 14.4 Å². The lowest BCUT2D eigenvalue weighted by atomic mass is 10.2. The van der Waals surface area contributed by atoms with Crippen molar-refractivity contribution in [1.82, 2.24) is 24.6 Å². The van der Waals surface area contributed by atoms with Gasteiger partial charge in [0, 0.05) is 54.7 Å². The molecule has 0 spiro atoms. The average molecular weight is 483 g/mol. The van der Waals surface area contributed by atoms with Gasteiger partial charge in [-0.2, -0.15) is 5.10 Å². The standard InChI is InChI=1S/C27H26N6O3/c1-19-6-5-9-24(28-19)26(35)29-22-10-11-23-21(16-22)17-33(30-23)18-25(34)31-12-14-32(15-13-31)27(36)20-7-3-2-4-8-20/h2-11,16-17H,12-15,18H2,1H3,(H,29,35). The summed E-state index contributed by atoms with van der Waals surface area (Å²) in [5.41, 5.74) is 3.13. The maximum absolute atomic E-state index is 12.9. The molecule has 9 nitrogen and oxygen atoms in total. The number of piperazine rings is 1. The van der Waals surface area contributed by atoms with Crippen molar-refractivity contribution in [2.75, 3.05) is 31.5 Å². The van der Waals surface area contributed by atoms with Crippen molar-refractivity contribution in [2.45, 2.75) is 13.5 Å². The van der Waals surface area contributed by atoms with E-state index in [0.29, 0.717) is 43.1 Å². The largest absolute Gasteiger partial charge is 0.338 e.